The Morgan fingerprint density at radius 3 is 2.42 bits per heavy atom. The number of carbonyl (C=O) groups is 2. The molecule has 0 aliphatic heterocycles. The molecule has 2 N–H and O–H groups in total. The molecule has 2 aromatic heterocycles. The summed E-state index contributed by atoms with van der Waals surface area (Å²) in [4.78, 5) is 27.3. The molecule has 0 bridgehead atoms. The monoisotopic (exact) mass is 572 g/mol. The van der Waals surface area contributed by atoms with Crippen molar-refractivity contribution in [2.45, 2.75) is 45.8 Å². The molecule has 0 saturated carbocycles. The minimum absolute atomic E-state index is 0.00642. The number of carbonyl (C=O) groups excluding carboxylic acids is 1. The number of alkyl halides is 3. The molecule has 7 nitrogen and oxygen atoms in total. The van der Waals surface area contributed by atoms with Gasteiger partial charge in [0.25, 0.3) is 5.91 Å². The van der Waals surface area contributed by atoms with Crippen LogP contribution in [0.4, 0.5) is 13.2 Å². The molecule has 1 atom stereocenters. The minimum Gasteiger partial charge on any atom is -0.481 e. The maximum atomic E-state index is 13.1. The van der Waals surface area contributed by atoms with E-state index in [2.05, 4.69) is 24.1 Å². The van der Waals surface area contributed by atoms with E-state index < -0.39 is 23.6 Å². The Labute approximate surface area is 234 Å². The number of halogens is 4. The first-order valence-electron chi connectivity index (χ1n) is 12.7. The summed E-state index contributed by atoms with van der Waals surface area (Å²) in [5.41, 5.74) is 2.99. The van der Waals surface area contributed by atoms with Gasteiger partial charge in [-0.25, -0.2) is 0 Å². The number of benzene rings is 2. The molecule has 1 amide bonds. The SMILES string of the molecule is Cc1c(-c2ccc(C(F)(F)F)cc2Cl)ccc2nn(C(CC(C)C)c3ccc(C(=O)NCCC(=O)O)nc3)cc12. The van der Waals surface area contributed by atoms with Crippen LogP contribution < -0.4 is 5.32 Å². The van der Waals surface area contributed by atoms with Crippen LogP contribution in [-0.2, 0) is 11.0 Å². The Morgan fingerprint density at radius 1 is 1.10 bits per heavy atom. The smallest absolute Gasteiger partial charge is 0.416 e. The van der Waals surface area contributed by atoms with Gasteiger partial charge >= 0.3 is 12.1 Å². The number of carboxylic acids is 1. The van der Waals surface area contributed by atoms with Gasteiger partial charge in [0.05, 0.1) is 23.5 Å². The predicted molar refractivity (Wildman–Crippen MR) is 146 cm³/mol. The Balaban J connectivity index is 1.66. The first-order chi connectivity index (χ1) is 18.8. The Hall–Kier alpha value is -3.92. The normalized spacial score (nSPS) is 12.6. The van der Waals surface area contributed by atoms with Gasteiger partial charge in [0.2, 0.25) is 0 Å². The van der Waals surface area contributed by atoms with Crippen molar-refractivity contribution in [3.8, 4) is 11.1 Å². The number of pyridine rings is 1. The molecule has 4 aromatic rings. The zero-order valence-corrected chi connectivity index (χ0v) is 22.8. The lowest BCUT2D eigenvalue weighted by Crippen LogP contribution is -2.27. The van der Waals surface area contributed by atoms with Crippen molar-refractivity contribution in [3.63, 3.8) is 0 Å². The molecule has 0 radical (unpaired) electrons. The maximum absolute atomic E-state index is 13.1. The Morgan fingerprint density at radius 2 is 1.82 bits per heavy atom. The highest BCUT2D eigenvalue weighted by Crippen LogP contribution is 2.38. The van der Waals surface area contributed by atoms with Gasteiger partial charge in [0.15, 0.2) is 0 Å². The van der Waals surface area contributed by atoms with Crippen LogP contribution in [0, 0.1) is 12.8 Å². The molecule has 0 aliphatic rings. The predicted octanol–water partition coefficient (Wildman–Crippen LogP) is 6.92. The number of aliphatic carboxylic acids is 1. The lowest BCUT2D eigenvalue weighted by atomic mass is 9.96. The van der Waals surface area contributed by atoms with E-state index in [9.17, 15) is 22.8 Å². The summed E-state index contributed by atoms with van der Waals surface area (Å²) in [6.45, 7) is 6.06. The van der Waals surface area contributed by atoms with Crippen LogP contribution in [-0.4, -0.2) is 38.3 Å². The fraction of sp³-hybridized carbons (Fsp3) is 0.310. The van der Waals surface area contributed by atoms with Crippen molar-refractivity contribution < 1.29 is 27.9 Å². The summed E-state index contributed by atoms with van der Waals surface area (Å²) >= 11 is 6.28. The quantitative estimate of drug-likeness (QED) is 0.227. The zero-order valence-electron chi connectivity index (χ0n) is 22.1. The van der Waals surface area contributed by atoms with Gasteiger partial charge in [-0.3, -0.25) is 19.3 Å². The molecule has 210 valence electrons. The van der Waals surface area contributed by atoms with Crippen LogP contribution in [0.25, 0.3) is 22.0 Å². The number of aromatic nitrogens is 3. The first-order valence-corrected chi connectivity index (χ1v) is 13.0. The molecule has 0 aliphatic carbocycles. The summed E-state index contributed by atoms with van der Waals surface area (Å²) in [6.07, 6.45) is -0.405. The molecule has 11 heteroatoms. The topological polar surface area (TPSA) is 97.1 Å². The molecule has 2 heterocycles. The fourth-order valence-electron chi connectivity index (χ4n) is 4.56. The third kappa shape index (κ3) is 6.44. The van der Waals surface area contributed by atoms with E-state index >= 15 is 0 Å². The molecular weight excluding hydrogens is 545 g/mol. The largest absolute Gasteiger partial charge is 0.481 e. The highest BCUT2D eigenvalue weighted by Gasteiger charge is 2.31. The number of fused-ring (bicyclic) bond motifs is 1. The summed E-state index contributed by atoms with van der Waals surface area (Å²) in [5.74, 6) is -1.15. The van der Waals surface area contributed by atoms with E-state index in [1.807, 2.05) is 23.9 Å². The number of hydrogen-bond donors (Lipinski definition) is 2. The molecule has 0 spiro atoms. The molecule has 0 fully saturated rings. The van der Waals surface area contributed by atoms with Gasteiger partial charge in [-0.15, -0.1) is 0 Å². The second-order valence-corrected chi connectivity index (χ2v) is 10.4. The summed E-state index contributed by atoms with van der Waals surface area (Å²) in [7, 11) is 0. The van der Waals surface area contributed by atoms with E-state index in [0.717, 1.165) is 40.6 Å². The lowest BCUT2D eigenvalue weighted by molar-refractivity contribution is -0.138. The molecule has 40 heavy (non-hydrogen) atoms. The third-order valence-electron chi connectivity index (χ3n) is 6.61. The minimum atomic E-state index is -4.48. The highest BCUT2D eigenvalue weighted by atomic mass is 35.5. The standard InChI is InChI=1S/C29H28ClF3N4O3/c1-16(2)12-26(18-4-8-25(35-14-18)28(40)34-11-10-27(38)39)37-15-22-17(3)20(7-9-24(22)36-37)21-6-5-19(13-23(21)30)29(31,32)33/h4-9,13-16,26H,10-12H2,1-3H3,(H,34,40)(H,38,39). The van der Waals surface area contributed by atoms with Crippen molar-refractivity contribution >= 4 is 34.4 Å². The van der Waals surface area contributed by atoms with E-state index in [1.54, 1.807) is 24.4 Å². The maximum Gasteiger partial charge on any atom is 0.416 e. The van der Waals surface area contributed by atoms with Crippen LogP contribution >= 0.6 is 11.6 Å². The average molecular weight is 573 g/mol. The summed E-state index contributed by atoms with van der Waals surface area (Å²) < 4.78 is 41.2. The van der Waals surface area contributed by atoms with Gasteiger partial charge in [-0.05, 0) is 60.2 Å². The van der Waals surface area contributed by atoms with Gasteiger partial charge in [-0.2, -0.15) is 18.3 Å². The number of amides is 1. The second kappa shape index (κ2) is 11.7. The number of carboxylic acid groups (broad SMARTS) is 1. The van der Waals surface area contributed by atoms with Crippen molar-refractivity contribution in [2.75, 3.05) is 6.54 Å². The zero-order chi connectivity index (χ0) is 29.2. The first kappa shape index (κ1) is 29.1. The van der Waals surface area contributed by atoms with Crippen LogP contribution in [0.5, 0.6) is 0 Å². The summed E-state index contributed by atoms with van der Waals surface area (Å²) in [5, 5.41) is 16.9. The Bertz CT molecular complexity index is 1550. The summed E-state index contributed by atoms with van der Waals surface area (Å²) in [6, 6.07) is 10.2. The number of rotatable bonds is 9. The van der Waals surface area contributed by atoms with Crippen LogP contribution in [0.3, 0.4) is 0 Å². The van der Waals surface area contributed by atoms with Crippen LogP contribution in [0.1, 0.15) is 59.9 Å². The van der Waals surface area contributed by atoms with Crippen molar-refractivity contribution in [3.05, 3.63) is 82.3 Å². The van der Waals surface area contributed by atoms with E-state index in [1.165, 1.54) is 6.07 Å². The van der Waals surface area contributed by atoms with Gasteiger partial charge in [0, 0.05) is 34.9 Å². The molecule has 2 aromatic carbocycles. The van der Waals surface area contributed by atoms with Crippen molar-refractivity contribution in [2.24, 2.45) is 5.92 Å². The van der Waals surface area contributed by atoms with Crippen molar-refractivity contribution in [1.82, 2.24) is 20.1 Å². The van der Waals surface area contributed by atoms with E-state index in [4.69, 9.17) is 21.8 Å². The molecule has 0 saturated heterocycles. The van der Waals surface area contributed by atoms with Gasteiger partial charge in [-0.1, -0.05) is 43.6 Å². The second-order valence-electron chi connectivity index (χ2n) is 9.99. The fourth-order valence-corrected chi connectivity index (χ4v) is 4.85. The van der Waals surface area contributed by atoms with Crippen LogP contribution in [0.15, 0.2) is 54.9 Å². The molecule has 1 unspecified atom stereocenters. The molecular formula is C29H28ClF3N4O3. The molecule has 4 rings (SSSR count). The van der Waals surface area contributed by atoms with E-state index in [0.29, 0.717) is 17.0 Å². The highest BCUT2D eigenvalue weighted by molar-refractivity contribution is 6.33. The number of hydrogen-bond acceptors (Lipinski definition) is 4. The lowest BCUT2D eigenvalue weighted by Gasteiger charge is -2.20. The number of aryl methyl sites for hydroxylation is 1. The Kier molecular flexibility index (Phi) is 8.48. The average Bonchev–Trinajstić information content (AvgIpc) is 3.32. The van der Waals surface area contributed by atoms with Crippen molar-refractivity contribution in [1.29, 1.82) is 0 Å². The van der Waals surface area contributed by atoms with Gasteiger partial charge in [0.1, 0.15) is 5.69 Å². The van der Waals surface area contributed by atoms with Gasteiger partial charge < -0.3 is 10.4 Å². The van der Waals surface area contributed by atoms with E-state index in [-0.39, 0.29) is 29.7 Å². The van der Waals surface area contributed by atoms with Crippen LogP contribution in [0.2, 0.25) is 5.02 Å². The number of nitrogens with zero attached hydrogens (tertiary/aromatic N) is 3. The third-order valence-corrected chi connectivity index (χ3v) is 6.92. The number of nitrogens with one attached hydrogen (secondary N) is 1.